The fourth-order valence-corrected chi connectivity index (χ4v) is 17.7. The van der Waals surface area contributed by atoms with Crippen LogP contribution in [0, 0.1) is 0 Å². The monoisotopic (exact) mass is 1480 g/mol. The molecule has 0 saturated heterocycles. The maximum Gasteiger partial charge on any atom is 0.238 e. The zero-order valence-corrected chi connectivity index (χ0v) is 61.9. The number of benzene rings is 17. The molecule has 0 aliphatic rings. The van der Waals surface area contributed by atoms with Crippen molar-refractivity contribution in [1.29, 1.82) is 0 Å². The lowest BCUT2D eigenvalue weighted by Crippen LogP contribution is -2.06. The molecular weight excluding hydrogens is 1430 g/mol. The van der Waals surface area contributed by atoms with Crippen LogP contribution in [0.3, 0.4) is 0 Å². The van der Waals surface area contributed by atoms with Gasteiger partial charge in [0.25, 0.3) is 0 Å². The molecule has 0 N–H and O–H groups in total. The summed E-state index contributed by atoms with van der Waals surface area (Å²) in [6.07, 6.45) is 0. The van der Waals surface area contributed by atoms with E-state index >= 15 is 0 Å². The van der Waals surface area contributed by atoms with Crippen molar-refractivity contribution in [3.05, 3.63) is 364 Å². The molecule has 12 heteroatoms. The molecule has 0 saturated carbocycles. The first-order valence-corrected chi connectivity index (χ1v) is 38.8. The van der Waals surface area contributed by atoms with Gasteiger partial charge in [0.1, 0.15) is 44.7 Å². The minimum atomic E-state index is 0.532. The van der Waals surface area contributed by atoms with Crippen LogP contribution in [-0.2, 0) is 0 Å². The number of para-hydroxylation sites is 4. The zero-order valence-electron chi connectivity index (χ0n) is 61.9. The molecular formula is C104H60N8O4. The lowest BCUT2D eigenvalue weighted by atomic mass is 9.94. The minimum Gasteiger partial charge on any atom is -0.456 e. The summed E-state index contributed by atoms with van der Waals surface area (Å²) in [6, 6.07) is 126. The van der Waals surface area contributed by atoms with Crippen molar-refractivity contribution in [2.75, 3.05) is 0 Å². The summed E-state index contributed by atoms with van der Waals surface area (Å²) in [5, 5.41) is 17.5. The molecule has 0 aliphatic heterocycles. The third-order valence-electron chi connectivity index (χ3n) is 22.9. The quantitative estimate of drug-likeness (QED) is 0.137. The third kappa shape index (κ3) is 10.3. The SMILES string of the molecule is c1ccc(-c2cccc(-c3nc(-c4ccccc4)nc(-n4c5ccccc5c5c6oc7cc(-c8ccc9c(c8)oc8ccccc89)c8ccccc8c7c6ccc54)n3)c2)cc1.c1ccc(-c2nc(-c3ccccc3)nc(-n3c4ccccc4c4c5oc6cc(-c7ccc8c(c7)oc7ccccc78)c7ccccc7c6c5ccc43)n2)cc1. The van der Waals surface area contributed by atoms with Gasteiger partial charge < -0.3 is 17.7 Å². The van der Waals surface area contributed by atoms with E-state index in [4.69, 9.17) is 47.6 Å². The van der Waals surface area contributed by atoms with Crippen LogP contribution in [0.15, 0.2) is 382 Å². The first-order chi connectivity index (χ1) is 57.5. The molecule has 0 amide bonds. The fraction of sp³-hybridized carbons (Fsp3) is 0. The van der Waals surface area contributed by atoms with E-state index in [1.807, 2.05) is 121 Å². The first-order valence-electron chi connectivity index (χ1n) is 38.8. The standard InChI is InChI=1S/C55H32N4O2.C49H28N4O2/c1-3-14-33(15-4-1)35-18-13-19-37(30-35)54-56-53(34-16-5-2-6-17-34)57-55(58-54)59-45-24-11-9-23-42(45)51-46(59)29-28-43-50-41-22-8-7-20-38(41)44(32-49(50)61-52(43)51)36-26-27-40-39-21-10-12-25-47(39)60-48(40)31-36;1-3-13-29(14-4-1)47-50-48(30-15-5-2-6-16-30)52-49(51-47)53-39-21-11-9-20-36(39)45-40(53)26-25-37-44-35-19-8-7-17-32(35)38(28-43(44)55-46(37)45)31-23-24-34-33-18-10-12-22-41(33)54-42(34)27-31/h1-32H;1-28H. The predicted octanol–water partition coefficient (Wildman–Crippen LogP) is 27.5. The second kappa shape index (κ2) is 25.8. The Morgan fingerprint density at radius 3 is 0.948 bits per heavy atom. The Morgan fingerprint density at radius 1 is 0.172 bits per heavy atom. The number of hydrogen-bond donors (Lipinski definition) is 0. The summed E-state index contributed by atoms with van der Waals surface area (Å²) >= 11 is 0. The van der Waals surface area contributed by atoms with Crippen LogP contribution in [0.25, 0.3) is 244 Å². The van der Waals surface area contributed by atoms with Gasteiger partial charge in [-0.15, -0.1) is 0 Å². The Labute approximate surface area is 660 Å². The fourth-order valence-electron chi connectivity index (χ4n) is 17.7. The summed E-state index contributed by atoms with van der Waals surface area (Å²) in [5.41, 5.74) is 20.9. The van der Waals surface area contributed by atoms with Gasteiger partial charge >= 0.3 is 0 Å². The summed E-state index contributed by atoms with van der Waals surface area (Å²) in [7, 11) is 0. The highest BCUT2D eigenvalue weighted by molar-refractivity contribution is 6.31. The summed E-state index contributed by atoms with van der Waals surface area (Å²) in [4.78, 5) is 30.7. The van der Waals surface area contributed by atoms with E-state index in [0.29, 0.717) is 35.2 Å². The van der Waals surface area contributed by atoms with Crippen molar-refractivity contribution >= 4 is 153 Å². The molecule has 8 heterocycles. The summed E-state index contributed by atoms with van der Waals surface area (Å²) in [5.74, 6) is 3.49. The van der Waals surface area contributed by atoms with E-state index < -0.39 is 0 Å². The van der Waals surface area contributed by atoms with E-state index in [0.717, 1.165) is 209 Å². The molecule has 8 aromatic heterocycles. The van der Waals surface area contributed by atoms with Crippen LogP contribution in [0.2, 0.25) is 0 Å². The van der Waals surface area contributed by atoms with E-state index in [2.05, 4.69) is 252 Å². The van der Waals surface area contributed by atoms with Gasteiger partial charge in [0.2, 0.25) is 11.9 Å². The number of hydrogen-bond acceptors (Lipinski definition) is 10. The van der Waals surface area contributed by atoms with Gasteiger partial charge in [-0.3, -0.25) is 9.13 Å². The van der Waals surface area contributed by atoms with Gasteiger partial charge in [-0.2, -0.15) is 19.9 Å². The van der Waals surface area contributed by atoms with Crippen molar-refractivity contribution in [1.82, 2.24) is 39.0 Å². The summed E-state index contributed by atoms with van der Waals surface area (Å²) in [6.45, 7) is 0. The molecule has 0 spiro atoms. The topological polar surface area (TPSA) is 140 Å². The van der Waals surface area contributed by atoms with E-state index in [9.17, 15) is 0 Å². The number of furan rings is 4. The maximum absolute atomic E-state index is 7.08. The molecule has 12 nitrogen and oxygen atoms in total. The Kier molecular flexibility index (Phi) is 14.4. The Morgan fingerprint density at radius 2 is 0.509 bits per heavy atom. The van der Waals surface area contributed by atoms with Gasteiger partial charge in [-0.05, 0) is 146 Å². The highest BCUT2D eigenvalue weighted by Crippen LogP contribution is 2.49. The van der Waals surface area contributed by atoms with Gasteiger partial charge in [-0.1, -0.05) is 273 Å². The second-order valence-electron chi connectivity index (χ2n) is 29.5. The number of fused-ring (bicyclic) bond motifs is 24. The van der Waals surface area contributed by atoms with Crippen molar-refractivity contribution in [3.63, 3.8) is 0 Å². The van der Waals surface area contributed by atoms with Crippen LogP contribution in [0.4, 0.5) is 0 Å². The molecule has 0 radical (unpaired) electrons. The van der Waals surface area contributed by atoms with Crippen molar-refractivity contribution in [3.8, 4) is 90.8 Å². The molecule has 116 heavy (non-hydrogen) atoms. The normalized spacial score (nSPS) is 12.0. The first kappa shape index (κ1) is 64.9. The lowest BCUT2D eigenvalue weighted by Gasteiger charge is -2.11. The van der Waals surface area contributed by atoms with Crippen molar-refractivity contribution < 1.29 is 17.7 Å². The predicted molar refractivity (Wildman–Crippen MR) is 471 cm³/mol. The van der Waals surface area contributed by atoms with Crippen LogP contribution >= 0.6 is 0 Å². The van der Waals surface area contributed by atoms with Gasteiger partial charge in [0.05, 0.1) is 32.8 Å². The van der Waals surface area contributed by atoms with Crippen molar-refractivity contribution in [2.24, 2.45) is 0 Å². The van der Waals surface area contributed by atoms with Crippen molar-refractivity contribution in [2.45, 2.75) is 0 Å². The Hall–Kier alpha value is -15.9. The molecule has 25 rings (SSSR count). The Bertz CT molecular complexity index is 8290. The zero-order chi connectivity index (χ0) is 76.1. The minimum absolute atomic E-state index is 0.532. The number of nitrogens with zero attached hydrogens (tertiary/aromatic N) is 8. The van der Waals surface area contributed by atoms with Crippen LogP contribution < -0.4 is 0 Å². The molecule has 0 aliphatic carbocycles. The number of rotatable bonds is 9. The van der Waals surface area contributed by atoms with Gasteiger partial charge in [-0.25, -0.2) is 9.97 Å². The number of aromatic nitrogens is 8. The maximum atomic E-state index is 7.08. The molecule has 0 fully saturated rings. The van der Waals surface area contributed by atoms with Crippen LogP contribution in [0.1, 0.15) is 0 Å². The molecule has 540 valence electrons. The van der Waals surface area contributed by atoms with Gasteiger partial charge in [0.15, 0.2) is 23.3 Å². The molecule has 25 aromatic rings. The van der Waals surface area contributed by atoms with Crippen LogP contribution in [-0.4, -0.2) is 39.0 Å². The van der Waals surface area contributed by atoms with E-state index in [1.54, 1.807) is 0 Å². The third-order valence-corrected chi connectivity index (χ3v) is 22.9. The lowest BCUT2D eigenvalue weighted by molar-refractivity contribution is 0.668. The average Bonchev–Trinajstić information content (AvgIpc) is 1.55. The molecule has 0 bridgehead atoms. The summed E-state index contributed by atoms with van der Waals surface area (Å²) < 4.78 is 31.1. The molecule has 0 unspecified atom stereocenters. The highest BCUT2D eigenvalue weighted by Gasteiger charge is 2.27. The molecule has 0 atom stereocenters. The smallest absolute Gasteiger partial charge is 0.238 e. The highest BCUT2D eigenvalue weighted by atomic mass is 16.3. The second-order valence-corrected chi connectivity index (χ2v) is 29.5. The van der Waals surface area contributed by atoms with Crippen LogP contribution in [0.5, 0.6) is 0 Å². The largest absolute Gasteiger partial charge is 0.456 e. The average molecular weight is 1490 g/mol. The van der Waals surface area contributed by atoms with E-state index in [1.165, 1.54) is 0 Å². The molecule has 17 aromatic carbocycles. The van der Waals surface area contributed by atoms with Gasteiger partial charge in [0, 0.05) is 76.1 Å². The Balaban J connectivity index is 0.000000134. The van der Waals surface area contributed by atoms with E-state index in [-0.39, 0.29) is 0 Å².